The first-order valence-electron chi connectivity index (χ1n) is 9.59. The molecule has 0 unspecified atom stereocenters. The van der Waals surface area contributed by atoms with Crippen molar-refractivity contribution in [2.24, 2.45) is 7.05 Å². The number of carbonyl (C=O) groups is 3. The number of nitrogens with one attached hydrogen (secondary N) is 2. The number of hydrogen-bond donors (Lipinski definition) is 2. The number of imidazole rings is 1. The molecule has 0 saturated heterocycles. The van der Waals surface area contributed by atoms with Gasteiger partial charge in [0, 0.05) is 31.0 Å². The Morgan fingerprint density at radius 2 is 1.94 bits per heavy atom. The zero-order valence-corrected chi connectivity index (χ0v) is 18.8. The molecule has 32 heavy (non-hydrogen) atoms. The van der Waals surface area contributed by atoms with Gasteiger partial charge in [0.2, 0.25) is 5.91 Å². The zero-order chi connectivity index (χ0) is 22.9. The highest BCUT2D eigenvalue weighted by atomic mass is 35.5. The number of para-hydroxylation sites is 1. The van der Waals surface area contributed by atoms with Crippen LogP contribution in [0.15, 0.2) is 66.1 Å². The molecular formula is C22H21ClN4O4S. The number of ether oxygens (including phenoxy) is 1. The van der Waals surface area contributed by atoms with Crippen LogP contribution in [0.3, 0.4) is 0 Å². The SMILES string of the molecule is Cn1ccnc1SCC(=O)Nc1ccccc1C(=O)OCC(=O)NCc1cccc(Cl)c1. The molecule has 0 spiro atoms. The molecule has 3 rings (SSSR count). The van der Waals surface area contributed by atoms with Crippen molar-refractivity contribution < 1.29 is 19.1 Å². The summed E-state index contributed by atoms with van der Waals surface area (Å²) < 4.78 is 6.92. The normalized spacial score (nSPS) is 10.4. The van der Waals surface area contributed by atoms with E-state index in [0.29, 0.717) is 15.9 Å². The van der Waals surface area contributed by atoms with Crippen molar-refractivity contribution in [3.8, 4) is 0 Å². The second-order valence-electron chi connectivity index (χ2n) is 6.69. The summed E-state index contributed by atoms with van der Waals surface area (Å²) in [6.07, 6.45) is 3.44. The van der Waals surface area contributed by atoms with Gasteiger partial charge in [-0.15, -0.1) is 0 Å². The number of amides is 2. The molecule has 8 nitrogen and oxygen atoms in total. The molecule has 3 aromatic rings. The first-order valence-corrected chi connectivity index (χ1v) is 11.0. The molecule has 0 saturated carbocycles. The first-order chi connectivity index (χ1) is 15.4. The third-order valence-corrected chi connectivity index (χ3v) is 5.54. The Morgan fingerprint density at radius 1 is 1.12 bits per heavy atom. The molecule has 1 aromatic heterocycles. The van der Waals surface area contributed by atoms with Crippen LogP contribution < -0.4 is 10.6 Å². The zero-order valence-electron chi connectivity index (χ0n) is 17.2. The summed E-state index contributed by atoms with van der Waals surface area (Å²) in [7, 11) is 1.84. The van der Waals surface area contributed by atoms with Gasteiger partial charge >= 0.3 is 5.97 Å². The largest absolute Gasteiger partial charge is 0.452 e. The van der Waals surface area contributed by atoms with Crippen LogP contribution in [0.4, 0.5) is 5.69 Å². The van der Waals surface area contributed by atoms with Gasteiger partial charge in [-0.1, -0.05) is 47.6 Å². The molecule has 166 valence electrons. The number of halogens is 1. The van der Waals surface area contributed by atoms with E-state index in [1.807, 2.05) is 13.1 Å². The Labute approximate surface area is 194 Å². The van der Waals surface area contributed by atoms with E-state index in [1.165, 1.54) is 17.8 Å². The van der Waals surface area contributed by atoms with Crippen molar-refractivity contribution in [1.82, 2.24) is 14.9 Å². The Hall–Kier alpha value is -3.30. The van der Waals surface area contributed by atoms with E-state index in [0.717, 1.165) is 5.56 Å². The van der Waals surface area contributed by atoms with Crippen molar-refractivity contribution in [2.45, 2.75) is 11.7 Å². The molecule has 0 aliphatic rings. The van der Waals surface area contributed by atoms with E-state index in [2.05, 4.69) is 15.6 Å². The molecular weight excluding hydrogens is 452 g/mol. The lowest BCUT2D eigenvalue weighted by Crippen LogP contribution is -2.28. The minimum Gasteiger partial charge on any atom is -0.452 e. The number of aryl methyl sites for hydroxylation is 1. The van der Waals surface area contributed by atoms with Crippen LogP contribution in [0.25, 0.3) is 0 Å². The fourth-order valence-corrected chi connectivity index (χ4v) is 3.63. The molecule has 2 amide bonds. The van der Waals surface area contributed by atoms with Gasteiger partial charge in [0.1, 0.15) is 0 Å². The van der Waals surface area contributed by atoms with E-state index >= 15 is 0 Å². The fraction of sp³-hybridized carbons (Fsp3) is 0.182. The highest BCUT2D eigenvalue weighted by Gasteiger charge is 2.16. The number of rotatable bonds is 9. The number of aromatic nitrogens is 2. The number of anilines is 1. The Balaban J connectivity index is 1.50. The predicted octanol–water partition coefficient (Wildman–Crippen LogP) is 3.28. The summed E-state index contributed by atoms with van der Waals surface area (Å²) in [5.41, 5.74) is 1.29. The molecule has 0 fully saturated rings. The Morgan fingerprint density at radius 3 is 2.69 bits per heavy atom. The minimum absolute atomic E-state index is 0.125. The molecule has 10 heteroatoms. The van der Waals surface area contributed by atoms with Crippen molar-refractivity contribution in [3.63, 3.8) is 0 Å². The van der Waals surface area contributed by atoms with E-state index in [9.17, 15) is 14.4 Å². The lowest BCUT2D eigenvalue weighted by molar-refractivity contribution is -0.124. The topological polar surface area (TPSA) is 102 Å². The van der Waals surface area contributed by atoms with E-state index < -0.39 is 18.5 Å². The number of thioether (sulfide) groups is 1. The minimum atomic E-state index is -0.712. The lowest BCUT2D eigenvalue weighted by Gasteiger charge is -2.11. The Kier molecular flexibility index (Phi) is 8.29. The molecule has 2 aromatic carbocycles. The van der Waals surface area contributed by atoms with E-state index in [-0.39, 0.29) is 23.8 Å². The molecule has 1 heterocycles. The van der Waals surface area contributed by atoms with Gasteiger partial charge in [0.25, 0.3) is 5.91 Å². The third-order valence-electron chi connectivity index (χ3n) is 4.24. The summed E-state index contributed by atoms with van der Waals surface area (Å²) in [5, 5.41) is 6.64. The van der Waals surface area contributed by atoms with E-state index in [4.69, 9.17) is 16.3 Å². The molecule has 0 radical (unpaired) electrons. The quantitative estimate of drug-likeness (QED) is 0.366. The van der Waals surface area contributed by atoms with Gasteiger partial charge in [0.05, 0.1) is 17.0 Å². The summed E-state index contributed by atoms with van der Waals surface area (Å²) in [6, 6.07) is 13.5. The van der Waals surface area contributed by atoms with Crippen LogP contribution in [-0.4, -0.2) is 39.7 Å². The average Bonchev–Trinajstić information content (AvgIpc) is 3.19. The summed E-state index contributed by atoms with van der Waals surface area (Å²) in [6.45, 7) is -0.187. The summed E-state index contributed by atoms with van der Waals surface area (Å²) >= 11 is 7.19. The van der Waals surface area contributed by atoms with Crippen molar-refractivity contribution in [2.75, 3.05) is 17.7 Å². The van der Waals surface area contributed by atoms with Crippen molar-refractivity contribution in [1.29, 1.82) is 0 Å². The predicted molar refractivity (Wildman–Crippen MR) is 123 cm³/mol. The van der Waals surface area contributed by atoms with Crippen LogP contribution in [-0.2, 0) is 27.9 Å². The van der Waals surface area contributed by atoms with Crippen LogP contribution in [0.2, 0.25) is 5.02 Å². The van der Waals surface area contributed by atoms with Crippen LogP contribution >= 0.6 is 23.4 Å². The van der Waals surface area contributed by atoms with Gasteiger partial charge < -0.3 is 19.9 Å². The standard InChI is InChI=1S/C22H21ClN4O4S/c1-27-10-9-24-22(27)32-14-20(29)26-18-8-3-2-7-17(18)21(30)31-13-19(28)25-12-15-5-4-6-16(23)11-15/h2-11H,12-14H2,1H3,(H,25,28)(H,26,29). The second kappa shape index (κ2) is 11.4. The smallest absolute Gasteiger partial charge is 0.340 e. The Bertz CT molecular complexity index is 1120. The van der Waals surface area contributed by atoms with Gasteiger partial charge in [-0.2, -0.15) is 0 Å². The van der Waals surface area contributed by atoms with Crippen LogP contribution in [0.5, 0.6) is 0 Å². The number of nitrogens with zero attached hydrogens (tertiary/aromatic N) is 2. The van der Waals surface area contributed by atoms with Crippen molar-refractivity contribution >= 4 is 46.8 Å². The average molecular weight is 473 g/mol. The van der Waals surface area contributed by atoms with Crippen LogP contribution in [0, 0.1) is 0 Å². The van der Waals surface area contributed by atoms with Crippen molar-refractivity contribution in [3.05, 3.63) is 77.1 Å². The highest BCUT2D eigenvalue weighted by molar-refractivity contribution is 7.99. The maximum atomic E-state index is 12.5. The highest BCUT2D eigenvalue weighted by Crippen LogP contribution is 2.19. The maximum absolute atomic E-state index is 12.5. The molecule has 0 aliphatic heterocycles. The summed E-state index contributed by atoms with van der Waals surface area (Å²) in [4.78, 5) is 40.9. The van der Waals surface area contributed by atoms with Gasteiger partial charge in [-0.25, -0.2) is 9.78 Å². The molecule has 0 aliphatic carbocycles. The van der Waals surface area contributed by atoms with Gasteiger partial charge in [-0.05, 0) is 29.8 Å². The number of hydrogen-bond acceptors (Lipinski definition) is 6. The fourth-order valence-electron chi connectivity index (χ4n) is 2.68. The van der Waals surface area contributed by atoms with E-state index in [1.54, 1.807) is 53.4 Å². The van der Waals surface area contributed by atoms with Crippen LogP contribution in [0.1, 0.15) is 15.9 Å². The maximum Gasteiger partial charge on any atom is 0.340 e. The van der Waals surface area contributed by atoms with Gasteiger partial charge in [-0.3, -0.25) is 9.59 Å². The molecule has 2 N–H and O–H groups in total. The number of esters is 1. The first kappa shape index (κ1) is 23.4. The molecule has 0 atom stereocenters. The van der Waals surface area contributed by atoms with Gasteiger partial charge in [0.15, 0.2) is 11.8 Å². The monoisotopic (exact) mass is 472 g/mol. The third kappa shape index (κ3) is 6.86. The number of carbonyl (C=O) groups excluding carboxylic acids is 3. The summed E-state index contributed by atoms with van der Waals surface area (Å²) in [5.74, 6) is -1.33. The number of benzene rings is 2. The lowest BCUT2D eigenvalue weighted by atomic mass is 10.2. The second-order valence-corrected chi connectivity index (χ2v) is 8.06. The molecule has 0 bridgehead atoms.